The third-order valence-electron chi connectivity index (χ3n) is 3.85. The highest BCUT2D eigenvalue weighted by Crippen LogP contribution is 2.32. The highest BCUT2D eigenvalue weighted by Gasteiger charge is 2.14. The van der Waals surface area contributed by atoms with Gasteiger partial charge < -0.3 is 20.1 Å². The second-order valence-corrected chi connectivity index (χ2v) is 6.39. The molecule has 1 heterocycles. The van der Waals surface area contributed by atoms with Crippen molar-refractivity contribution in [2.45, 2.75) is 12.6 Å². The smallest absolute Gasteiger partial charge is 0.0843 e. The van der Waals surface area contributed by atoms with E-state index in [0.29, 0.717) is 29.7 Å². The molecular formula is C17H18Cl2N2O2. The first-order chi connectivity index (χ1) is 11.1. The normalized spacial score (nSPS) is 13.0. The second kappa shape index (κ2) is 7.07. The number of aliphatic hydroxyl groups excluding tert-OH is 2. The molecule has 122 valence electrons. The summed E-state index contributed by atoms with van der Waals surface area (Å²) in [6, 6.07) is 11.4. The molecule has 0 aliphatic heterocycles. The first-order valence-electron chi connectivity index (χ1n) is 7.47. The summed E-state index contributed by atoms with van der Waals surface area (Å²) >= 11 is 12.3. The zero-order valence-corrected chi connectivity index (χ0v) is 14.0. The van der Waals surface area contributed by atoms with Crippen molar-refractivity contribution in [1.82, 2.24) is 9.88 Å². The van der Waals surface area contributed by atoms with Gasteiger partial charge in [0, 0.05) is 44.9 Å². The largest absolute Gasteiger partial charge is 0.395 e. The maximum absolute atomic E-state index is 10.3. The molecule has 3 rings (SSSR count). The Labute approximate surface area is 144 Å². The van der Waals surface area contributed by atoms with Crippen LogP contribution in [0.15, 0.2) is 36.4 Å². The number of benzene rings is 2. The van der Waals surface area contributed by atoms with Crippen LogP contribution in [0, 0.1) is 0 Å². The van der Waals surface area contributed by atoms with Gasteiger partial charge in [0.2, 0.25) is 0 Å². The van der Waals surface area contributed by atoms with Crippen LogP contribution in [0.25, 0.3) is 21.8 Å². The minimum absolute atomic E-state index is 0.0547. The molecule has 6 heteroatoms. The Morgan fingerprint density at radius 3 is 2.09 bits per heavy atom. The van der Waals surface area contributed by atoms with Crippen molar-refractivity contribution in [3.8, 4) is 0 Å². The maximum atomic E-state index is 10.3. The molecule has 1 atom stereocenters. The summed E-state index contributed by atoms with van der Waals surface area (Å²) in [7, 11) is 0. The van der Waals surface area contributed by atoms with E-state index in [9.17, 15) is 5.11 Å². The van der Waals surface area contributed by atoms with Gasteiger partial charge in [0.15, 0.2) is 0 Å². The van der Waals surface area contributed by atoms with Gasteiger partial charge in [-0.15, -0.1) is 0 Å². The predicted molar refractivity (Wildman–Crippen MR) is 95.4 cm³/mol. The molecule has 23 heavy (non-hydrogen) atoms. The van der Waals surface area contributed by atoms with E-state index in [-0.39, 0.29) is 6.61 Å². The lowest BCUT2D eigenvalue weighted by Gasteiger charge is -2.14. The Kier molecular flexibility index (Phi) is 5.09. The second-order valence-electron chi connectivity index (χ2n) is 5.52. The van der Waals surface area contributed by atoms with Crippen LogP contribution in [0.1, 0.15) is 0 Å². The van der Waals surface area contributed by atoms with Crippen LogP contribution in [-0.2, 0) is 6.54 Å². The van der Waals surface area contributed by atoms with Gasteiger partial charge in [-0.2, -0.15) is 0 Å². The molecule has 0 saturated heterocycles. The zero-order chi connectivity index (χ0) is 16.4. The molecule has 0 fully saturated rings. The molecule has 3 N–H and O–H groups in total. The van der Waals surface area contributed by atoms with Crippen molar-refractivity contribution in [3.05, 3.63) is 46.4 Å². The standard InChI is InChI=1S/C17H18Cl2N2O2/c18-11-1-3-16-14(7-11)15-8-12(19)2-4-17(15)21(16)10-13(23)9-20-5-6-22/h1-4,7-8,13,20,22-23H,5-6,9-10H2. The molecule has 1 unspecified atom stereocenters. The summed E-state index contributed by atoms with van der Waals surface area (Å²) in [6.07, 6.45) is -0.563. The molecule has 0 spiro atoms. The van der Waals surface area contributed by atoms with E-state index in [1.165, 1.54) is 0 Å². The van der Waals surface area contributed by atoms with Gasteiger partial charge in [-0.3, -0.25) is 0 Å². The summed E-state index contributed by atoms with van der Waals surface area (Å²) in [5, 5.41) is 25.4. The molecule has 0 aliphatic rings. The Hall–Kier alpha value is -1.30. The fraction of sp³-hybridized carbons (Fsp3) is 0.294. The van der Waals surface area contributed by atoms with Gasteiger partial charge in [-0.1, -0.05) is 23.2 Å². The van der Waals surface area contributed by atoms with Gasteiger partial charge in [-0.25, -0.2) is 0 Å². The van der Waals surface area contributed by atoms with E-state index >= 15 is 0 Å². The zero-order valence-electron chi connectivity index (χ0n) is 12.5. The number of rotatable bonds is 6. The highest BCUT2D eigenvalue weighted by molar-refractivity contribution is 6.33. The van der Waals surface area contributed by atoms with Gasteiger partial charge in [0.05, 0.1) is 19.3 Å². The average Bonchev–Trinajstić information content (AvgIpc) is 2.80. The lowest BCUT2D eigenvalue weighted by Crippen LogP contribution is -2.31. The van der Waals surface area contributed by atoms with E-state index in [0.717, 1.165) is 21.8 Å². The maximum Gasteiger partial charge on any atom is 0.0843 e. The monoisotopic (exact) mass is 352 g/mol. The SMILES string of the molecule is OCCNCC(O)Cn1c2ccc(Cl)cc2c2cc(Cl)ccc21. The average molecular weight is 353 g/mol. The van der Waals surface area contributed by atoms with Gasteiger partial charge >= 0.3 is 0 Å². The lowest BCUT2D eigenvalue weighted by molar-refractivity contribution is 0.151. The number of aliphatic hydroxyl groups is 2. The number of hydrogen-bond donors (Lipinski definition) is 3. The van der Waals surface area contributed by atoms with Crippen LogP contribution in [-0.4, -0.2) is 40.6 Å². The summed E-state index contributed by atoms with van der Waals surface area (Å²) in [4.78, 5) is 0. The number of fused-ring (bicyclic) bond motifs is 3. The lowest BCUT2D eigenvalue weighted by atomic mass is 10.1. The van der Waals surface area contributed by atoms with E-state index in [1.54, 1.807) is 0 Å². The minimum Gasteiger partial charge on any atom is -0.395 e. The Morgan fingerprint density at radius 2 is 1.57 bits per heavy atom. The van der Waals surface area contributed by atoms with Gasteiger partial charge in [-0.05, 0) is 36.4 Å². The van der Waals surface area contributed by atoms with Crippen LogP contribution in [0.4, 0.5) is 0 Å². The first-order valence-corrected chi connectivity index (χ1v) is 8.22. The summed E-state index contributed by atoms with van der Waals surface area (Å²) in [5.74, 6) is 0. The van der Waals surface area contributed by atoms with Crippen LogP contribution in [0.3, 0.4) is 0 Å². The van der Waals surface area contributed by atoms with E-state index in [4.69, 9.17) is 28.3 Å². The predicted octanol–water partition coefficient (Wildman–Crippen LogP) is 3.04. The number of halogens is 2. The van der Waals surface area contributed by atoms with E-state index in [1.807, 2.05) is 36.4 Å². The summed E-state index contributed by atoms with van der Waals surface area (Å²) in [5.41, 5.74) is 2.01. The first kappa shape index (κ1) is 16.6. The fourth-order valence-electron chi connectivity index (χ4n) is 2.87. The quantitative estimate of drug-likeness (QED) is 0.597. The molecule has 0 radical (unpaired) electrons. The number of nitrogens with zero attached hydrogens (tertiary/aromatic N) is 1. The van der Waals surface area contributed by atoms with E-state index in [2.05, 4.69) is 9.88 Å². The van der Waals surface area contributed by atoms with E-state index < -0.39 is 6.10 Å². The molecule has 0 aliphatic carbocycles. The van der Waals surface area contributed by atoms with Crippen LogP contribution < -0.4 is 5.32 Å². The van der Waals surface area contributed by atoms with Crippen molar-refractivity contribution in [2.75, 3.05) is 19.7 Å². The molecule has 3 aromatic rings. The number of aromatic nitrogens is 1. The molecule has 2 aromatic carbocycles. The Bertz CT molecular complexity index is 773. The number of nitrogens with one attached hydrogen (secondary N) is 1. The molecular weight excluding hydrogens is 335 g/mol. The molecule has 0 amide bonds. The van der Waals surface area contributed by atoms with Crippen LogP contribution in [0.2, 0.25) is 10.0 Å². The number of hydrogen-bond acceptors (Lipinski definition) is 3. The summed E-state index contributed by atoms with van der Waals surface area (Å²) in [6.45, 7) is 1.39. The highest BCUT2D eigenvalue weighted by atomic mass is 35.5. The molecule has 1 aromatic heterocycles. The third-order valence-corrected chi connectivity index (χ3v) is 4.32. The van der Waals surface area contributed by atoms with Crippen molar-refractivity contribution >= 4 is 45.0 Å². The Morgan fingerprint density at radius 1 is 1.00 bits per heavy atom. The molecule has 0 bridgehead atoms. The topological polar surface area (TPSA) is 57.4 Å². The van der Waals surface area contributed by atoms with Gasteiger partial charge in [0.1, 0.15) is 0 Å². The van der Waals surface area contributed by atoms with Crippen molar-refractivity contribution in [2.24, 2.45) is 0 Å². The minimum atomic E-state index is -0.563. The van der Waals surface area contributed by atoms with Crippen molar-refractivity contribution in [1.29, 1.82) is 0 Å². The fourth-order valence-corrected chi connectivity index (χ4v) is 3.21. The van der Waals surface area contributed by atoms with Crippen molar-refractivity contribution in [3.63, 3.8) is 0 Å². The third kappa shape index (κ3) is 3.47. The molecule has 0 saturated carbocycles. The van der Waals surface area contributed by atoms with Gasteiger partial charge in [0.25, 0.3) is 0 Å². The van der Waals surface area contributed by atoms with Crippen LogP contribution >= 0.6 is 23.2 Å². The van der Waals surface area contributed by atoms with Crippen molar-refractivity contribution < 1.29 is 10.2 Å². The summed E-state index contributed by atoms with van der Waals surface area (Å²) < 4.78 is 2.07. The molecule has 4 nitrogen and oxygen atoms in total. The van der Waals surface area contributed by atoms with Crippen LogP contribution in [0.5, 0.6) is 0 Å². The Balaban J connectivity index is 2.03.